The smallest absolute Gasteiger partial charge is 0.0201 e. The van der Waals surface area contributed by atoms with E-state index < -0.39 is 0 Å². The average Bonchev–Trinajstić information content (AvgIpc) is 2.22. The molecule has 0 bridgehead atoms. The fraction of sp³-hybridized carbons (Fsp3) is 1.00. The van der Waals surface area contributed by atoms with Gasteiger partial charge >= 0.3 is 0 Å². The van der Waals surface area contributed by atoms with Crippen LogP contribution >= 0.6 is 22.9 Å². The Bertz CT molecular complexity index is 106. The molecule has 0 amide bonds. The lowest BCUT2D eigenvalue weighted by Crippen LogP contribution is -2.17. The Morgan fingerprint density at radius 1 is 1.22 bits per heavy atom. The lowest BCUT2D eigenvalue weighted by Gasteiger charge is -2.04. The molecule has 2 fully saturated rings. The largest absolute Gasteiger partial charge is 0.316 e. The van der Waals surface area contributed by atoms with Crippen LogP contribution < -0.4 is 5.32 Å². The molecular weight excluding hydrogens is 227 g/mol. The van der Waals surface area contributed by atoms with Gasteiger partial charge in [0.25, 0.3) is 0 Å². The molecule has 0 aliphatic carbocycles. The summed E-state index contributed by atoms with van der Waals surface area (Å²) in [5.74, 6) is 1.92. The maximum Gasteiger partial charge on any atom is 0.0201 e. The molecule has 3 heteroatoms. The topological polar surface area (TPSA) is 15.3 Å². The highest BCUT2D eigenvalue weighted by Crippen LogP contribution is 2.27. The van der Waals surface area contributed by atoms with Gasteiger partial charge in [0.15, 0.2) is 0 Å². The van der Waals surface area contributed by atoms with E-state index in [-0.39, 0.29) is 0 Å². The maximum absolute atomic E-state index is 3.41. The molecule has 2 nitrogen and oxygen atoms in total. The van der Waals surface area contributed by atoms with Gasteiger partial charge < -0.3 is 5.32 Å². The van der Waals surface area contributed by atoms with Crippen LogP contribution in [0.15, 0.2) is 0 Å². The molecule has 0 spiro atoms. The predicted molar refractivity (Wildman–Crippen MR) is 45.4 cm³/mol. The van der Waals surface area contributed by atoms with E-state index in [4.69, 9.17) is 0 Å². The van der Waals surface area contributed by atoms with Gasteiger partial charge in [0.05, 0.1) is 0 Å². The third-order valence-electron chi connectivity index (χ3n) is 2.34. The summed E-state index contributed by atoms with van der Waals surface area (Å²) < 4.78 is 2.41. The molecule has 9 heavy (non-hydrogen) atoms. The third kappa shape index (κ3) is 1.10. The minimum absolute atomic E-state index is 0.960. The van der Waals surface area contributed by atoms with Gasteiger partial charge in [0.1, 0.15) is 0 Å². The molecule has 0 unspecified atom stereocenters. The second-order valence-electron chi connectivity index (χ2n) is 3.01. The summed E-state index contributed by atoms with van der Waals surface area (Å²) in [7, 11) is 0. The van der Waals surface area contributed by atoms with Crippen LogP contribution in [-0.2, 0) is 0 Å². The minimum atomic E-state index is 0.960. The Balaban J connectivity index is 2.02. The number of hydrogen-bond donors (Lipinski definition) is 1. The summed E-state index contributed by atoms with van der Waals surface area (Å²) >= 11 is 2.43. The third-order valence-corrected chi connectivity index (χ3v) is 3.13. The van der Waals surface area contributed by atoms with Crippen LogP contribution in [0.4, 0.5) is 0 Å². The Morgan fingerprint density at radius 3 is 2.33 bits per heavy atom. The van der Waals surface area contributed by atoms with Gasteiger partial charge in [-0.25, -0.2) is 3.11 Å². The van der Waals surface area contributed by atoms with Crippen LogP contribution in [0.2, 0.25) is 0 Å². The second kappa shape index (κ2) is 2.36. The van der Waals surface area contributed by atoms with Crippen molar-refractivity contribution in [1.29, 1.82) is 0 Å². The van der Waals surface area contributed by atoms with Crippen LogP contribution in [0.25, 0.3) is 0 Å². The zero-order valence-electron chi connectivity index (χ0n) is 5.31. The molecule has 52 valence electrons. The van der Waals surface area contributed by atoms with Gasteiger partial charge in [-0.05, 0) is 24.9 Å². The zero-order chi connectivity index (χ0) is 6.27. The first-order valence-corrected chi connectivity index (χ1v) is 4.44. The summed E-state index contributed by atoms with van der Waals surface area (Å²) in [4.78, 5) is 0. The summed E-state index contributed by atoms with van der Waals surface area (Å²) in [5, 5.41) is 3.41. The normalized spacial score (nSPS) is 43.7. The highest BCUT2D eigenvalue weighted by molar-refractivity contribution is 14.1. The van der Waals surface area contributed by atoms with Crippen LogP contribution in [-0.4, -0.2) is 29.3 Å². The number of halogens is 1. The first-order chi connectivity index (χ1) is 4.36. The van der Waals surface area contributed by atoms with E-state index >= 15 is 0 Å². The Kier molecular flexibility index (Phi) is 1.67. The van der Waals surface area contributed by atoms with Crippen LogP contribution in [0, 0.1) is 11.8 Å². The highest BCUT2D eigenvalue weighted by atomic mass is 127. The number of rotatable bonds is 0. The van der Waals surface area contributed by atoms with Crippen LogP contribution in [0.5, 0.6) is 0 Å². The molecule has 0 aromatic carbocycles. The van der Waals surface area contributed by atoms with Crippen molar-refractivity contribution in [3.63, 3.8) is 0 Å². The number of nitrogens with zero attached hydrogens (tertiary/aromatic N) is 1. The van der Waals surface area contributed by atoms with Crippen molar-refractivity contribution in [2.24, 2.45) is 11.8 Å². The Labute approximate surface area is 69.5 Å². The van der Waals surface area contributed by atoms with Crippen molar-refractivity contribution < 1.29 is 0 Å². The van der Waals surface area contributed by atoms with E-state index in [2.05, 4.69) is 31.3 Å². The molecule has 0 radical (unpaired) electrons. The van der Waals surface area contributed by atoms with Gasteiger partial charge in [-0.3, -0.25) is 0 Å². The average molecular weight is 238 g/mol. The fourth-order valence-electron chi connectivity index (χ4n) is 1.80. The first kappa shape index (κ1) is 6.37. The fourth-order valence-corrected chi connectivity index (χ4v) is 2.81. The first-order valence-electron chi connectivity index (χ1n) is 3.47. The molecule has 2 heterocycles. The predicted octanol–water partition coefficient (Wildman–Crippen LogP) is 0.488. The Hall–Kier alpha value is 0.650. The van der Waals surface area contributed by atoms with Gasteiger partial charge in [-0.15, -0.1) is 0 Å². The molecular formula is C6H11IN2. The van der Waals surface area contributed by atoms with E-state index in [0.717, 1.165) is 11.8 Å². The van der Waals surface area contributed by atoms with Crippen molar-refractivity contribution in [3.8, 4) is 0 Å². The second-order valence-corrected chi connectivity index (χ2v) is 4.37. The quantitative estimate of drug-likeness (QED) is 0.488. The highest BCUT2D eigenvalue weighted by Gasteiger charge is 2.34. The molecule has 2 saturated heterocycles. The van der Waals surface area contributed by atoms with E-state index in [1.54, 1.807) is 0 Å². The maximum atomic E-state index is 3.41. The van der Waals surface area contributed by atoms with Crippen molar-refractivity contribution in [2.75, 3.05) is 26.2 Å². The number of hydrogen-bond acceptors (Lipinski definition) is 2. The van der Waals surface area contributed by atoms with Crippen LogP contribution in [0.3, 0.4) is 0 Å². The summed E-state index contributed by atoms with van der Waals surface area (Å²) in [5.41, 5.74) is 0. The standard InChI is InChI=1S/C6H11IN2/c7-9-3-5-1-8-2-6(5)4-9/h5-6,8H,1-4H2/t5-,6-/m0/s1. The Morgan fingerprint density at radius 2 is 1.78 bits per heavy atom. The molecule has 0 aromatic rings. The molecule has 0 aromatic heterocycles. The summed E-state index contributed by atoms with van der Waals surface area (Å²) in [6.07, 6.45) is 0. The monoisotopic (exact) mass is 238 g/mol. The molecule has 2 aliphatic rings. The van der Waals surface area contributed by atoms with Crippen molar-refractivity contribution in [3.05, 3.63) is 0 Å². The van der Waals surface area contributed by atoms with E-state index in [0.29, 0.717) is 0 Å². The molecule has 0 saturated carbocycles. The number of nitrogens with one attached hydrogen (secondary N) is 1. The summed E-state index contributed by atoms with van der Waals surface area (Å²) in [6, 6.07) is 0. The molecule has 2 atom stereocenters. The molecule has 2 aliphatic heterocycles. The lowest BCUT2D eigenvalue weighted by atomic mass is 10.0. The zero-order valence-corrected chi connectivity index (χ0v) is 7.47. The van der Waals surface area contributed by atoms with Crippen molar-refractivity contribution in [1.82, 2.24) is 8.43 Å². The van der Waals surface area contributed by atoms with Crippen molar-refractivity contribution >= 4 is 22.9 Å². The van der Waals surface area contributed by atoms with E-state index in [1.165, 1.54) is 26.2 Å². The van der Waals surface area contributed by atoms with Gasteiger partial charge in [0.2, 0.25) is 0 Å². The van der Waals surface area contributed by atoms with E-state index in [9.17, 15) is 0 Å². The van der Waals surface area contributed by atoms with Gasteiger partial charge in [0, 0.05) is 36.0 Å². The summed E-state index contributed by atoms with van der Waals surface area (Å²) in [6.45, 7) is 5.12. The van der Waals surface area contributed by atoms with Crippen molar-refractivity contribution in [2.45, 2.75) is 0 Å². The number of fused-ring (bicyclic) bond motifs is 1. The van der Waals surface area contributed by atoms with Crippen LogP contribution in [0.1, 0.15) is 0 Å². The minimum Gasteiger partial charge on any atom is -0.316 e. The SMILES string of the molecule is IN1C[C@@H]2CNC[C@H]2C1. The van der Waals surface area contributed by atoms with Gasteiger partial charge in [-0.1, -0.05) is 0 Å². The molecule has 1 N–H and O–H groups in total. The molecule has 2 rings (SSSR count). The van der Waals surface area contributed by atoms with E-state index in [1.807, 2.05) is 0 Å². The van der Waals surface area contributed by atoms with Gasteiger partial charge in [-0.2, -0.15) is 0 Å². The lowest BCUT2D eigenvalue weighted by molar-refractivity contribution is 0.533.